The van der Waals surface area contributed by atoms with Crippen molar-refractivity contribution in [2.75, 3.05) is 12.0 Å². The summed E-state index contributed by atoms with van der Waals surface area (Å²) < 4.78 is 11.8. The molecule has 11 nitrogen and oxygen atoms in total. The minimum absolute atomic E-state index is 0.224. The molecule has 2 heterocycles. The number of hydrogen-bond donors (Lipinski definition) is 2. The summed E-state index contributed by atoms with van der Waals surface area (Å²) in [7, 11) is 0. The largest absolute Gasteiger partial charge is 0.482 e. The Morgan fingerprint density at radius 3 is 2.69 bits per heavy atom. The van der Waals surface area contributed by atoms with E-state index in [-0.39, 0.29) is 28.2 Å². The maximum Gasteiger partial charge on any atom is 0.374 e. The highest BCUT2D eigenvalue weighted by Gasteiger charge is 2.26. The Kier molecular flexibility index (Phi) is 7.44. The molecule has 0 saturated heterocycles. The molecule has 0 bridgehead atoms. The molecule has 0 spiro atoms. The number of nitro groups is 1. The van der Waals surface area contributed by atoms with Crippen LogP contribution in [0.3, 0.4) is 0 Å². The second-order valence-electron chi connectivity index (χ2n) is 6.72. The van der Waals surface area contributed by atoms with Crippen LogP contribution in [0.25, 0.3) is 10.9 Å². The quantitative estimate of drug-likeness (QED) is 0.209. The lowest BCUT2D eigenvalue weighted by Gasteiger charge is -2.12. The fourth-order valence-electron chi connectivity index (χ4n) is 2.89. The molecule has 0 radical (unpaired) electrons. The van der Waals surface area contributed by atoms with Gasteiger partial charge in [-0.15, -0.1) is 0 Å². The number of nitrogens with zero attached hydrogens (tertiary/aromatic N) is 4. The highest BCUT2D eigenvalue weighted by molar-refractivity contribution is 9.10. The maximum atomic E-state index is 12.2. The first kappa shape index (κ1) is 24.4. The third-order valence-electron chi connectivity index (χ3n) is 4.43. The summed E-state index contributed by atoms with van der Waals surface area (Å²) in [4.78, 5) is 35.2. The molecular formula is C21H13BrCl2N6O5. The van der Waals surface area contributed by atoms with Crippen LogP contribution in [0.5, 0.6) is 17.4 Å². The number of carbonyl (C=O) groups is 1. The number of rotatable bonds is 8. The van der Waals surface area contributed by atoms with Gasteiger partial charge in [0, 0.05) is 21.1 Å². The Morgan fingerprint density at radius 2 is 1.91 bits per heavy atom. The standard InChI is InChI=1S/C21H13BrCl2N6O5/c22-13-4-6-16(18-12(13)2-1-7-25-18)35-21-19(30(32)33)20(26-10-27-21)29-28-17(31)9-34-15-5-3-11(23)8-14(15)24/h1-8,10H,9H2,(H,28,31)(H,26,27,29). The van der Waals surface area contributed by atoms with Gasteiger partial charge in [0.2, 0.25) is 5.82 Å². The Bertz CT molecular complexity index is 1440. The van der Waals surface area contributed by atoms with E-state index in [0.717, 1.165) is 16.2 Å². The molecular weight excluding hydrogens is 567 g/mol. The van der Waals surface area contributed by atoms with Gasteiger partial charge in [-0.2, -0.15) is 4.98 Å². The highest BCUT2D eigenvalue weighted by Crippen LogP contribution is 2.37. The zero-order chi connectivity index (χ0) is 24.9. The second kappa shape index (κ2) is 10.7. The van der Waals surface area contributed by atoms with Gasteiger partial charge in [-0.25, -0.2) is 4.98 Å². The molecule has 35 heavy (non-hydrogen) atoms. The van der Waals surface area contributed by atoms with Crippen LogP contribution in [0.1, 0.15) is 0 Å². The number of benzene rings is 2. The average molecular weight is 580 g/mol. The van der Waals surface area contributed by atoms with Crippen molar-refractivity contribution < 1.29 is 19.2 Å². The fourth-order valence-corrected chi connectivity index (χ4v) is 3.81. The number of halogens is 3. The van der Waals surface area contributed by atoms with Gasteiger partial charge in [-0.1, -0.05) is 45.2 Å². The molecule has 0 aliphatic carbocycles. The van der Waals surface area contributed by atoms with Crippen LogP contribution in [-0.4, -0.2) is 32.4 Å². The zero-order valence-corrected chi connectivity index (χ0v) is 20.5. The van der Waals surface area contributed by atoms with Gasteiger partial charge in [0.05, 0.1) is 9.95 Å². The molecule has 178 valence electrons. The van der Waals surface area contributed by atoms with E-state index in [9.17, 15) is 14.9 Å². The molecule has 2 N–H and O–H groups in total. The SMILES string of the molecule is O=C(COc1ccc(Cl)cc1Cl)NNc1ncnc(Oc2ccc(Br)c3cccnc23)c1[N+](=O)[O-]. The summed E-state index contributed by atoms with van der Waals surface area (Å²) >= 11 is 15.3. The van der Waals surface area contributed by atoms with Crippen molar-refractivity contribution >= 4 is 67.4 Å². The van der Waals surface area contributed by atoms with Crippen molar-refractivity contribution in [3.8, 4) is 17.4 Å². The summed E-state index contributed by atoms with van der Waals surface area (Å²) in [6.45, 7) is -0.437. The van der Waals surface area contributed by atoms with Gasteiger partial charge in [-0.05, 0) is 36.4 Å². The molecule has 0 saturated carbocycles. The molecule has 1 amide bonds. The van der Waals surface area contributed by atoms with Crippen molar-refractivity contribution in [2.24, 2.45) is 0 Å². The van der Waals surface area contributed by atoms with Gasteiger partial charge in [0.25, 0.3) is 5.91 Å². The number of hydrazine groups is 1. The summed E-state index contributed by atoms with van der Waals surface area (Å²) in [5.41, 5.74) is 4.54. The number of carbonyl (C=O) groups excluding carboxylic acids is 1. The number of nitrogens with one attached hydrogen (secondary N) is 2. The predicted molar refractivity (Wildman–Crippen MR) is 132 cm³/mol. The molecule has 0 fully saturated rings. The van der Waals surface area contributed by atoms with Crippen LogP contribution in [0, 0.1) is 10.1 Å². The van der Waals surface area contributed by atoms with Crippen LogP contribution in [0.2, 0.25) is 10.0 Å². The summed E-state index contributed by atoms with van der Waals surface area (Å²) in [6, 6.07) is 11.4. The number of ether oxygens (including phenoxy) is 2. The van der Waals surface area contributed by atoms with Crippen LogP contribution in [0.15, 0.2) is 59.5 Å². The topological polar surface area (TPSA) is 141 Å². The van der Waals surface area contributed by atoms with Crippen molar-refractivity contribution in [1.29, 1.82) is 0 Å². The van der Waals surface area contributed by atoms with E-state index in [1.165, 1.54) is 12.1 Å². The lowest BCUT2D eigenvalue weighted by atomic mass is 10.2. The average Bonchev–Trinajstić information content (AvgIpc) is 2.84. The first-order valence-electron chi connectivity index (χ1n) is 9.66. The maximum absolute atomic E-state index is 12.2. The van der Waals surface area contributed by atoms with Crippen LogP contribution < -0.4 is 20.3 Å². The van der Waals surface area contributed by atoms with Gasteiger partial charge >= 0.3 is 11.6 Å². The first-order valence-corrected chi connectivity index (χ1v) is 11.2. The minimum Gasteiger partial charge on any atom is -0.482 e. The smallest absolute Gasteiger partial charge is 0.374 e. The summed E-state index contributed by atoms with van der Waals surface area (Å²) in [5, 5.41) is 13.2. The van der Waals surface area contributed by atoms with Gasteiger partial charge in [-0.3, -0.25) is 30.7 Å². The van der Waals surface area contributed by atoms with E-state index in [0.29, 0.717) is 10.5 Å². The van der Waals surface area contributed by atoms with E-state index in [2.05, 4.69) is 41.7 Å². The molecule has 4 aromatic rings. The van der Waals surface area contributed by atoms with Crippen molar-refractivity contribution in [3.05, 3.63) is 79.6 Å². The number of aromatic nitrogens is 3. The first-order chi connectivity index (χ1) is 16.8. The Morgan fingerprint density at radius 1 is 1.11 bits per heavy atom. The van der Waals surface area contributed by atoms with E-state index in [1.807, 2.05) is 6.07 Å². The van der Waals surface area contributed by atoms with Gasteiger partial charge in [0.15, 0.2) is 12.4 Å². The highest BCUT2D eigenvalue weighted by atomic mass is 79.9. The van der Waals surface area contributed by atoms with E-state index in [4.69, 9.17) is 32.7 Å². The molecule has 0 unspecified atom stereocenters. The Balaban J connectivity index is 1.50. The van der Waals surface area contributed by atoms with Crippen molar-refractivity contribution in [2.45, 2.75) is 0 Å². The lowest BCUT2D eigenvalue weighted by Crippen LogP contribution is -2.34. The number of anilines is 1. The lowest BCUT2D eigenvalue weighted by molar-refractivity contribution is -0.385. The number of pyridine rings is 1. The zero-order valence-electron chi connectivity index (χ0n) is 17.4. The number of hydrogen-bond acceptors (Lipinski definition) is 9. The van der Waals surface area contributed by atoms with Crippen LogP contribution in [0.4, 0.5) is 11.5 Å². The molecule has 0 aliphatic heterocycles. The molecule has 2 aromatic heterocycles. The summed E-state index contributed by atoms with van der Waals surface area (Å²) in [5.74, 6) is -0.818. The third kappa shape index (κ3) is 5.67. The Hall–Kier alpha value is -3.74. The number of amides is 1. The van der Waals surface area contributed by atoms with Crippen LogP contribution >= 0.6 is 39.1 Å². The predicted octanol–water partition coefficient (Wildman–Crippen LogP) is 5.32. The van der Waals surface area contributed by atoms with Crippen molar-refractivity contribution in [1.82, 2.24) is 20.4 Å². The van der Waals surface area contributed by atoms with Crippen molar-refractivity contribution in [3.63, 3.8) is 0 Å². The number of fused-ring (bicyclic) bond motifs is 1. The molecule has 0 aliphatic rings. The third-order valence-corrected chi connectivity index (χ3v) is 5.65. The summed E-state index contributed by atoms with van der Waals surface area (Å²) in [6.07, 6.45) is 2.62. The fraction of sp³-hybridized carbons (Fsp3) is 0.0476. The molecule has 4 rings (SSSR count). The molecule has 2 aromatic carbocycles. The Labute approximate surface area is 215 Å². The minimum atomic E-state index is -0.734. The second-order valence-corrected chi connectivity index (χ2v) is 8.41. The molecule has 14 heteroatoms. The van der Waals surface area contributed by atoms with E-state index in [1.54, 1.807) is 30.5 Å². The van der Waals surface area contributed by atoms with E-state index < -0.39 is 23.1 Å². The monoisotopic (exact) mass is 578 g/mol. The van der Waals surface area contributed by atoms with E-state index >= 15 is 0 Å². The normalized spacial score (nSPS) is 10.6. The van der Waals surface area contributed by atoms with Gasteiger partial charge in [0.1, 0.15) is 17.6 Å². The van der Waals surface area contributed by atoms with Crippen LogP contribution in [-0.2, 0) is 4.79 Å². The molecule has 0 atom stereocenters. The van der Waals surface area contributed by atoms with Gasteiger partial charge < -0.3 is 9.47 Å².